The first-order valence-corrected chi connectivity index (χ1v) is 8.93. The van der Waals surface area contributed by atoms with Gasteiger partial charge in [0.25, 0.3) is 0 Å². The number of nitrogens with one attached hydrogen (secondary N) is 1. The third-order valence-corrected chi connectivity index (χ3v) is 4.11. The van der Waals surface area contributed by atoms with Crippen molar-refractivity contribution in [3.8, 4) is 28.9 Å². The molecule has 10 heteroatoms. The van der Waals surface area contributed by atoms with Crippen molar-refractivity contribution < 1.29 is 33.2 Å². The van der Waals surface area contributed by atoms with Crippen molar-refractivity contribution in [1.29, 1.82) is 0 Å². The molecular weight excluding hydrogens is 388 g/mol. The largest absolute Gasteiger partial charge is 0.755 e. The van der Waals surface area contributed by atoms with Crippen molar-refractivity contribution in [1.82, 2.24) is 4.57 Å². The first-order valence-electron chi connectivity index (χ1n) is 7.86. The fraction of sp³-hybridized carbons (Fsp3) is 0.0556. The van der Waals surface area contributed by atoms with E-state index in [4.69, 9.17) is 9.47 Å². The molecule has 3 aromatic rings. The number of carbonyl (C=O) groups excluding carboxylic acids is 1. The zero-order chi connectivity index (χ0) is 20.3. The van der Waals surface area contributed by atoms with E-state index in [9.17, 15) is 23.8 Å². The quantitative estimate of drug-likeness (QED) is 0.426. The molecule has 1 heterocycles. The summed E-state index contributed by atoms with van der Waals surface area (Å²) < 4.78 is 36.2. The lowest BCUT2D eigenvalue weighted by molar-refractivity contribution is 0.0600. The normalized spacial score (nSPS) is 11.6. The molecular formula is C18H15N2O7S-. The molecule has 0 spiro atoms. The van der Waals surface area contributed by atoms with Crippen molar-refractivity contribution in [2.75, 3.05) is 11.8 Å². The number of methoxy groups -OCH3 is 1. The monoisotopic (exact) mass is 403 g/mol. The van der Waals surface area contributed by atoms with Gasteiger partial charge in [0.05, 0.1) is 24.0 Å². The predicted octanol–water partition coefficient (Wildman–Crippen LogP) is 2.67. The summed E-state index contributed by atoms with van der Waals surface area (Å²) in [6.07, 6.45) is 0. The van der Waals surface area contributed by atoms with Gasteiger partial charge in [-0.3, -0.25) is 4.21 Å². The van der Waals surface area contributed by atoms with Crippen LogP contribution in [0.2, 0.25) is 0 Å². The Labute approximate surface area is 162 Å². The van der Waals surface area contributed by atoms with E-state index in [0.29, 0.717) is 5.75 Å². The van der Waals surface area contributed by atoms with E-state index < -0.39 is 17.2 Å². The molecule has 0 aliphatic carbocycles. The Bertz CT molecular complexity index is 1010. The fourth-order valence-electron chi connectivity index (χ4n) is 2.56. The summed E-state index contributed by atoms with van der Waals surface area (Å²) in [6.45, 7) is 0. The van der Waals surface area contributed by atoms with Crippen LogP contribution in [-0.4, -0.2) is 36.6 Å². The van der Waals surface area contributed by atoms with Crippen LogP contribution in [0.15, 0.2) is 54.6 Å². The van der Waals surface area contributed by atoms with Crippen LogP contribution in [0.3, 0.4) is 0 Å². The Morgan fingerprint density at radius 3 is 2.32 bits per heavy atom. The number of aromatic hydroxyl groups is 2. The lowest BCUT2D eigenvalue weighted by Crippen LogP contribution is -2.10. The fourth-order valence-corrected chi connectivity index (χ4v) is 2.89. The maximum atomic E-state index is 12.0. The molecule has 0 saturated heterocycles. The number of nitrogens with zero attached hydrogens (tertiary/aromatic N) is 1. The van der Waals surface area contributed by atoms with E-state index in [-0.39, 0.29) is 34.4 Å². The molecule has 2 aromatic carbocycles. The van der Waals surface area contributed by atoms with Gasteiger partial charge in [0.1, 0.15) is 5.75 Å². The van der Waals surface area contributed by atoms with Crippen molar-refractivity contribution in [2.45, 2.75) is 0 Å². The molecule has 28 heavy (non-hydrogen) atoms. The minimum Gasteiger partial charge on any atom is -0.755 e. The molecule has 3 N–H and O–H groups in total. The molecule has 146 valence electrons. The molecule has 9 nitrogen and oxygen atoms in total. The molecule has 1 unspecified atom stereocenters. The second kappa shape index (κ2) is 8.03. The van der Waals surface area contributed by atoms with E-state index in [1.165, 1.54) is 31.4 Å². The zero-order valence-corrected chi connectivity index (χ0v) is 15.3. The summed E-state index contributed by atoms with van der Waals surface area (Å²) in [5, 5.41) is 20.2. The highest BCUT2D eigenvalue weighted by molar-refractivity contribution is 7.80. The SMILES string of the molecule is COC(=O)c1cc(NS(=O)[O-])c(Oc2ccccc2)c(-n2c(O)ccc2O)c1. The molecule has 3 rings (SSSR count). The van der Waals surface area contributed by atoms with Gasteiger partial charge in [-0.25, -0.2) is 9.36 Å². The molecule has 0 fully saturated rings. The lowest BCUT2D eigenvalue weighted by Gasteiger charge is -2.20. The standard InChI is InChI=1S/C18H16N2O7S/c1-26-18(23)11-9-13(19-28(24)25)17(27-12-5-3-2-4-6-12)14(10-11)20-15(21)7-8-16(20)22/h2-10,19,21-22H,1H3,(H,24,25)/p-1. The highest BCUT2D eigenvalue weighted by Gasteiger charge is 2.22. The van der Waals surface area contributed by atoms with E-state index in [1.807, 2.05) is 0 Å². The van der Waals surface area contributed by atoms with Crippen LogP contribution in [0.5, 0.6) is 23.3 Å². The molecule has 0 amide bonds. The number of esters is 1. The number of para-hydroxylation sites is 1. The number of hydrogen-bond donors (Lipinski definition) is 3. The second-order valence-corrected chi connectivity index (χ2v) is 6.17. The highest BCUT2D eigenvalue weighted by Crippen LogP contribution is 2.41. The van der Waals surface area contributed by atoms with Crippen LogP contribution in [-0.2, 0) is 16.0 Å². The first kappa shape index (κ1) is 19.3. The summed E-state index contributed by atoms with van der Waals surface area (Å²) in [5.41, 5.74) is -0.111. The summed E-state index contributed by atoms with van der Waals surface area (Å²) in [6, 6.07) is 13.4. The van der Waals surface area contributed by atoms with Gasteiger partial charge in [0.15, 0.2) is 17.5 Å². The third-order valence-electron chi connectivity index (χ3n) is 3.73. The van der Waals surface area contributed by atoms with Crippen LogP contribution in [0.25, 0.3) is 5.69 Å². The molecule has 0 aliphatic rings. The van der Waals surface area contributed by atoms with Gasteiger partial charge in [-0.15, -0.1) is 0 Å². The molecule has 1 aromatic heterocycles. The summed E-state index contributed by atoms with van der Waals surface area (Å²) in [4.78, 5) is 12.0. The molecule has 0 bridgehead atoms. The number of rotatable bonds is 6. The van der Waals surface area contributed by atoms with Crippen molar-refractivity contribution in [3.05, 3.63) is 60.2 Å². The predicted molar refractivity (Wildman–Crippen MR) is 99.5 cm³/mol. The van der Waals surface area contributed by atoms with E-state index in [0.717, 1.165) is 4.57 Å². The number of hydrogen-bond acceptors (Lipinski definition) is 7. The third kappa shape index (κ3) is 3.92. The number of aromatic nitrogens is 1. The van der Waals surface area contributed by atoms with Crippen LogP contribution >= 0.6 is 0 Å². The average molecular weight is 403 g/mol. The average Bonchev–Trinajstić information content (AvgIpc) is 3.01. The van der Waals surface area contributed by atoms with Gasteiger partial charge in [0, 0.05) is 23.4 Å². The minimum atomic E-state index is -2.74. The van der Waals surface area contributed by atoms with Gasteiger partial charge >= 0.3 is 5.97 Å². The number of benzene rings is 2. The van der Waals surface area contributed by atoms with Gasteiger partial charge in [-0.1, -0.05) is 18.2 Å². The van der Waals surface area contributed by atoms with Gasteiger partial charge in [-0.05, 0) is 24.3 Å². The lowest BCUT2D eigenvalue weighted by atomic mass is 10.1. The minimum absolute atomic E-state index is 0.0136. The van der Waals surface area contributed by atoms with Gasteiger partial charge in [-0.2, -0.15) is 0 Å². The summed E-state index contributed by atoms with van der Waals surface area (Å²) in [5.74, 6) is -1.15. The van der Waals surface area contributed by atoms with Crippen LogP contribution in [0, 0.1) is 0 Å². The Morgan fingerprint density at radius 1 is 1.11 bits per heavy atom. The molecule has 0 saturated carbocycles. The van der Waals surface area contributed by atoms with Crippen LogP contribution in [0.1, 0.15) is 10.4 Å². The number of ether oxygens (including phenoxy) is 2. The van der Waals surface area contributed by atoms with Gasteiger partial charge in [0.2, 0.25) is 0 Å². The number of carbonyl (C=O) groups is 1. The Kier molecular flexibility index (Phi) is 5.52. The second-order valence-electron chi connectivity index (χ2n) is 5.50. The number of anilines is 1. The maximum Gasteiger partial charge on any atom is 0.338 e. The molecule has 1 atom stereocenters. The Morgan fingerprint density at radius 2 is 1.75 bits per heavy atom. The van der Waals surface area contributed by atoms with E-state index in [1.54, 1.807) is 30.3 Å². The van der Waals surface area contributed by atoms with E-state index in [2.05, 4.69) is 4.72 Å². The van der Waals surface area contributed by atoms with Crippen molar-refractivity contribution in [3.63, 3.8) is 0 Å². The highest BCUT2D eigenvalue weighted by atomic mass is 32.2. The van der Waals surface area contributed by atoms with Gasteiger partial charge < -0.3 is 29.0 Å². The maximum absolute atomic E-state index is 12.0. The molecule has 0 aliphatic heterocycles. The summed E-state index contributed by atoms with van der Waals surface area (Å²) >= 11 is -2.74. The van der Waals surface area contributed by atoms with Crippen molar-refractivity contribution in [2.24, 2.45) is 0 Å². The smallest absolute Gasteiger partial charge is 0.338 e. The Balaban J connectivity index is 2.28. The van der Waals surface area contributed by atoms with Crippen LogP contribution < -0.4 is 9.46 Å². The topological polar surface area (TPSA) is 133 Å². The molecule has 0 radical (unpaired) electrons. The van der Waals surface area contributed by atoms with Crippen molar-refractivity contribution >= 4 is 22.9 Å². The first-order chi connectivity index (χ1) is 13.4. The zero-order valence-electron chi connectivity index (χ0n) is 14.5. The summed E-state index contributed by atoms with van der Waals surface area (Å²) in [7, 11) is 1.17. The van der Waals surface area contributed by atoms with Crippen LogP contribution in [0.4, 0.5) is 5.69 Å². The Hall–Kier alpha value is -3.50. The van der Waals surface area contributed by atoms with E-state index >= 15 is 0 Å².